The number of amides is 1. The Kier molecular flexibility index (Phi) is 7.20. The maximum Gasteiger partial charge on any atom is 0.222 e. The van der Waals surface area contributed by atoms with Crippen LogP contribution in [0.1, 0.15) is 13.8 Å². The maximum absolute atomic E-state index is 11.0. The van der Waals surface area contributed by atoms with E-state index in [9.17, 15) is 4.79 Å². The molecule has 0 aromatic carbocycles. The first-order chi connectivity index (χ1) is 5.68. The van der Waals surface area contributed by atoms with Gasteiger partial charge in [0.1, 0.15) is 0 Å². The minimum atomic E-state index is 0.0398. The maximum atomic E-state index is 11.0. The molecule has 0 aliphatic rings. The lowest BCUT2D eigenvalue weighted by Gasteiger charge is -2.07. The summed E-state index contributed by atoms with van der Waals surface area (Å²) < 4.78 is 5.07. The molecule has 1 N–H and O–H groups in total. The molecular formula is C8H16ClNO2. The van der Waals surface area contributed by atoms with Crippen LogP contribution in [0.15, 0.2) is 0 Å². The fraction of sp³-hybridized carbons (Fsp3) is 0.875. The number of nitrogens with one attached hydrogen (secondary N) is 1. The van der Waals surface area contributed by atoms with Gasteiger partial charge in [0, 0.05) is 18.3 Å². The second kappa shape index (κ2) is 7.37. The van der Waals surface area contributed by atoms with Gasteiger partial charge in [-0.3, -0.25) is 4.79 Å². The number of halogens is 1. The lowest BCUT2D eigenvalue weighted by atomic mass is 10.2. The molecule has 72 valence electrons. The van der Waals surface area contributed by atoms with Gasteiger partial charge in [-0.2, -0.15) is 0 Å². The number of rotatable bonds is 6. The van der Waals surface area contributed by atoms with Crippen LogP contribution < -0.4 is 5.32 Å². The molecule has 0 aliphatic heterocycles. The van der Waals surface area contributed by atoms with E-state index in [0.717, 1.165) is 0 Å². The standard InChI is InChI=1S/C8H16ClNO2/c1-7(2)8(11)10-4-6-12-5-3-9/h7H,3-6H2,1-2H3,(H,10,11). The zero-order chi connectivity index (χ0) is 9.40. The molecule has 0 spiro atoms. The van der Waals surface area contributed by atoms with Gasteiger partial charge >= 0.3 is 0 Å². The normalized spacial score (nSPS) is 10.3. The second-order valence-corrected chi connectivity index (χ2v) is 3.13. The number of carbonyl (C=O) groups is 1. The van der Waals surface area contributed by atoms with Gasteiger partial charge in [-0.05, 0) is 0 Å². The Morgan fingerprint density at radius 3 is 2.67 bits per heavy atom. The minimum Gasteiger partial charge on any atom is -0.378 e. The van der Waals surface area contributed by atoms with E-state index in [1.807, 2.05) is 13.8 Å². The average molecular weight is 194 g/mol. The summed E-state index contributed by atoms with van der Waals surface area (Å²) in [6.07, 6.45) is 0. The van der Waals surface area contributed by atoms with Gasteiger partial charge in [-0.1, -0.05) is 13.8 Å². The van der Waals surface area contributed by atoms with Crippen molar-refractivity contribution in [3.05, 3.63) is 0 Å². The minimum absolute atomic E-state index is 0.0398. The van der Waals surface area contributed by atoms with E-state index in [0.29, 0.717) is 25.6 Å². The molecule has 0 aromatic rings. The van der Waals surface area contributed by atoms with Gasteiger partial charge in [0.05, 0.1) is 13.2 Å². The summed E-state index contributed by atoms with van der Waals surface area (Å²) in [5.41, 5.74) is 0. The summed E-state index contributed by atoms with van der Waals surface area (Å²) in [5.74, 6) is 0.598. The molecule has 0 bridgehead atoms. The third-order valence-electron chi connectivity index (χ3n) is 1.29. The topological polar surface area (TPSA) is 38.3 Å². The molecule has 0 aromatic heterocycles. The number of ether oxygens (including phenoxy) is 1. The zero-order valence-electron chi connectivity index (χ0n) is 7.60. The van der Waals surface area contributed by atoms with Crippen molar-refractivity contribution in [1.29, 1.82) is 0 Å². The average Bonchev–Trinajstić information content (AvgIpc) is 2.03. The van der Waals surface area contributed by atoms with Crippen molar-refractivity contribution in [3.8, 4) is 0 Å². The largest absolute Gasteiger partial charge is 0.378 e. The first kappa shape index (κ1) is 11.7. The summed E-state index contributed by atoms with van der Waals surface area (Å²) in [6.45, 7) is 5.35. The van der Waals surface area contributed by atoms with Gasteiger partial charge in [-0.25, -0.2) is 0 Å². The van der Waals surface area contributed by atoms with Crippen molar-refractivity contribution in [2.24, 2.45) is 5.92 Å². The third kappa shape index (κ3) is 6.43. The van der Waals surface area contributed by atoms with E-state index >= 15 is 0 Å². The summed E-state index contributed by atoms with van der Waals surface area (Å²) in [4.78, 5) is 11.0. The molecule has 0 unspecified atom stereocenters. The molecule has 0 radical (unpaired) electrons. The molecule has 0 rings (SSSR count). The van der Waals surface area contributed by atoms with Crippen molar-refractivity contribution in [3.63, 3.8) is 0 Å². The first-order valence-corrected chi connectivity index (χ1v) is 4.63. The predicted molar refractivity (Wildman–Crippen MR) is 49.4 cm³/mol. The van der Waals surface area contributed by atoms with Crippen LogP contribution in [0, 0.1) is 5.92 Å². The quantitative estimate of drug-likeness (QED) is 0.505. The Morgan fingerprint density at radius 2 is 2.17 bits per heavy atom. The molecule has 0 aliphatic carbocycles. The Balaban J connectivity index is 3.14. The van der Waals surface area contributed by atoms with Crippen molar-refractivity contribution >= 4 is 17.5 Å². The van der Waals surface area contributed by atoms with E-state index in [4.69, 9.17) is 16.3 Å². The van der Waals surface area contributed by atoms with Gasteiger partial charge in [0.15, 0.2) is 0 Å². The van der Waals surface area contributed by atoms with Crippen LogP contribution in [0.25, 0.3) is 0 Å². The molecule has 3 nitrogen and oxygen atoms in total. The number of hydrogen-bond donors (Lipinski definition) is 1. The van der Waals surface area contributed by atoms with Crippen molar-refractivity contribution in [1.82, 2.24) is 5.32 Å². The lowest BCUT2D eigenvalue weighted by molar-refractivity contribution is -0.124. The molecule has 0 saturated heterocycles. The molecule has 1 amide bonds. The number of alkyl halides is 1. The van der Waals surface area contributed by atoms with E-state index in [2.05, 4.69) is 5.32 Å². The monoisotopic (exact) mass is 193 g/mol. The van der Waals surface area contributed by atoms with Gasteiger partial charge in [0.25, 0.3) is 0 Å². The summed E-state index contributed by atoms with van der Waals surface area (Å²) in [6, 6.07) is 0. The van der Waals surface area contributed by atoms with Crippen molar-refractivity contribution in [2.45, 2.75) is 13.8 Å². The Hall–Kier alpha value is -0.280. The van der Waals surface area contributed by atoms with Crippen LogP contribution in [-0.2, 0) is 9.53 Å². The molecule has 0 heterocycles. The van der Waals surface area contributed by atoms with Gasteiger partial charge in [0.2, 0.25) is 5.91 Å². The molecule has 12 heavy (non-hydrogen) atoms. The van der Waals surface area contributed by atoms with Gasteiger partial charge in [-0.15, -0.1) is 11.6 Å². The van der Waals surface area contributed by atoms with Crippen LogP contribution in [0.2, 0.25) is 0 Å². The van der Waals surface area contributed by atoms with Crippen LogP contribution in [-0.4, -0.2) is 31.5 Å². The highest BCUT2D eigenvalue weighted by atomic mass is 35.5. The lowest BCUT2D eigenvalue weighted by Crippen LogP contribution is -2.30. The van der Waals surface area contributed by atoms with E-state index < -0.39 is 0 Å². The summed E-state index contributed by atoms with van der Waals surface area (Å²) in [5, 5.41) is 2.73. The van der Waals surface area contributed by atoms with E-state index in [1.165, 1.54) is 0 Å². The molecular weight excluding hydrogens is 178 g/mol. The Morgan fingerprint density at radius 1 is 1.50 bits per heavy atom. The molecule has 0 saturated carbocycles. The van der Waals surface area contributed by atoms with Crippen LogP contribution in [0.5, 0.6) is 0 Å². The molecule has 0 fully saturated rings. The number of carbonyl (C=O) groups excluding carboxylic acids is 1. The van der Waals surface area contributed by atoms with Crippen LogP contribution >= 0.6 is 11.6 Å². The molecule has 0 atom stereocenters. The highest BCUT2D eigenvalue weighted by molar-refractivity contribution is 6.17. The van der Waals surface area contributed by atoms with Gasteiger partial charge < -0.3 is 10.1 Å². The highest BCUT2D eigenvalue weighted by Crippen LogP contribution is 1.89. The van der Waals surface area contributed by atoms with E-state index in [1.54, 1.807) is 0 Å². The van der Waals surface area contributed by atoms with E-state index in [-0.39, 0.29) is 11.8 Å². The predicted octanol–water partition coefficient (Wildman–Crippen LogP) is 1.01. The second-order valence-electron chi connectivity index (χ2n) is 2.75. The zero-order valence-corrected chi connectivity index (χ0v) is 8.36. The Bertz CT molecular complexity index is 128. The third-order valence-corrected chi connectivity index (χ3v) is 1.45. The fourth-order valence-electron chi connectivity index (χ4n) is 0.607. The van der Waals surface area contributed by atoms with Crippen LogP contribution in [0.3, 0.4) is 0 Å². The van der Waals surface area contributed by atoms with Crippen LogP contribution in [0.4, 0.5) is 0 Å². The first-order valence-electron chi connectivity index (χ1n) is 4.10. The van der Waals surface area contributed by atoms with Crippen molar-refractivity contribution < 1.29 is 9.53 Å². The summed E-state index contributed by atoms with van der Waals surface area (Å²) in [7, 11) is 0. The van der Waals surface area contributed by atoms with Crippen molar-refractivity contribution in [2.75, 3.05) is 25.6 Å². The summed E-state index contributed by atoms with van der Waals surface area (Å²) >= 11 is 5.38. The highest BCUT2D eigenvalue weighted by Gasteiger charge is 2.04. The number of hydrogen-bond acceptors (Lipinski definition) is 2. The Labute approximate surface area is 78.4 Å². The fourth-order valence-corrected chi connectivity index (χ4v) is 0.716. The SMILES string of the molecule is CC(C)C(=O)NCCOCCCl. The molecule has 4 heteroatoms. The smallest absolute Gasteiger partial charge is 0.222 e.